The molecule has 0 amide bonds. The Balaban J connectivity index is 0.000000173. The molecule has 4 heterocycles. The number of likely N-dealkylation sites (tertiary alicyclic amines) is 3. The van der Waals surface area contributed by atoms with E-state index in [0.717, 1.165) is 89.4 Å². The molecule has 6 N–H and O–H groups in total. The number of aromatic nitrogens is 1. The third kappa shape index (κ3) is 14.6. The Morgan fingerprint density at radius 3 is 1.41 bits per heavy atom. The van der Waals surface area contributed by atoms with Crippen LogP contribution in [0.25, 0.3) is 0 Å². The molecular weight excluding hydrogens is 694 g/mol. The predicted octanol–water partition coefficient (Wildman–Crippen LogP) is 7.29. The topological polar surface area (TPSA) is 101 Å². The summed E-state index contributed by atoms with van der Waals surface area (Å²) in [6.07, 6.45) is 6.81. The molecule has 0 spiro atoms. The van der Waals surface area contributed by atoms with Gasteiger partial charge in [0.15, 0.2) is 0 Å². The summed E-state index contributed by atoms with van der Waals surface area (Å²) in [7, 11) is 0. The summed E-state index contributed by atoms with van der Waals surface area (Å²) >= 11 is 11.9. The largest absolute Gasteiger partial charge is 0.416 e. The van der Waals surface area contributed by atoms with Crippen LogP contribution in [0.5, 0.6) is 0 Å². The zero-order chi connectivity index (χ0) is 36.6. The van der Waals surface area contributed by atoms with Crippen molar-refractivity contribution in [3.63, 3.8) is 0 Å². The molecule has 7 nitrogen and oxygen atoms in total. The van der Waals surface area contributed by atoms with E-state index in [1.165, 1.54) is 43.4 Å². The van der Waals surface area contributed by atoms with Gasteiger partial charge < -0.3 is 17.2 Å². The molecule has 3 saturated heterocycles. The first-order valence-electron chi connectivity index (χ1n) is 18.3. The number of benzene rings is 2. The summed E-state index contributed by atoms with van der Waals surface area (Å²) in [5.41, 5.74) is 20.0. The summed E-state index contributed by atoms with van der Waals surface area (Å²) in [5.74, 6) is 1.86. The SMILES string of the molecule is NCC1CCCN(Cc2ccc(C(F)(F)F)cc2)C1.NCC1CCCN(Cc2ccc(Cl)c(Cl)c2)C1.NCC1CCCN(Cc2ccncc2)C1. The van der Waals surface area contributed by atoms with Crippen LogP contribution in [-0.2, 0) is 25.8 Å². The van der Waals surface area contributed by atoms with Crippen molar-refractivity contribution in [3.8, 4) is 0 Å². The van der Waals surface area contributed by atoms with Gasteiger partial charge in [-0.25, -0.2) is 0 Å². The van der Waals surface area contributed by atoms with Crippen LogP contribution < -0.4 is 17.2 Å². The summed E-state index contributed by atoms with van der Waals surface area (Å²) in [5, 5.41) is 1.26. The van der Waals surface area contributed by atoms with E-state index in [1.54, 1.807) is 12.1 Å². The van der Waals surface area contributed by atoms with E-state index < -0.39 is 11.7 Å². The monoisotopic (exact) mass is 749 g/mol. The maximum absolute atomic E-state index is 12.5. The van der Waals surface area contributed by atoms with Gasteiger partial charge in [0.25, 0.3) is 0 Å². The molecule has 3 aliphatic heterocycles. The number of alkyl halides is 3. The molecule has 0 radical (unpaired) electrons. The Labute approximate surface area is 312 Å². The van der Waals surface area contributed by atoms with Crippen molar-refractivity contribution in [1.82, 2.24) is 19.7 Å². The Morgan fingerprint density at radius 2 is 1.00 bits per heavy atom. The quantitative estimate of drug-likeness (QED) is 0.211. The minimum absolute atomic E-state index is 0.517. The second-order valence-electron chi connectivity index (χ2n) is 14.2. The predicted molar refractivity (Wildman–Crippen MR) is 203 cm³/mol. The normalized spacial score (nSPS) is 22.0. The van der Waals surface area contributed by atoms with Crippen molar-refractivity contribution in [1.29, 1.82) is 0 Å². The van der Waals surface area contributed by atoms with Gasteiger partial charge in [-0.3, -0.25) is 19.7 Å². The molecule has 3 aliphatic rings. The highest BCUT2D eigenvalue weighted by Gasteiger charge is 2.30. The van der Waals surface area contributed by atoms with E-state index in [4.69, 9.17) is 40.4 Å². The molecule has 51 heavy (non-hydrogen) atoms. The summed E-state index contributed by atoms with van der Waals surface area (Å²) < 4.78 is 37.4. The van der Waals surface area contributed by atoms with Crippen LogP contribution in [0.2, 0.25) is 10.0 Å². The van der Waals surface area contributed by atoms with E-state index >= 15 is 0 Å². The fourth-order valence-corrected chi connectivity index (χ4v) is 7.48. The van der Waals surface area contributed by atoms with Crippen LogP contribution in [0, 0.1) is 17.8 Å². The molecular formula is C39H56Cl2F3N7. The van der Waals surface area contributed by atoms with Crippen molar-refractivity contribution in [2.45, 2.75) is 64.3 Å². The number of nitrogens with zero attached hydrogens (tertiary/aromatic N) is 4. The number of hydrogen-bond donors (Lipinski definition) is 3. The van der Waals surface area contributed by atoms with Crippen molar-refractivity contribution >= 4 is 23.2 Å². The molecule has 0 bridgehead atoms. The average molecular weight is 751 g/mol. The van der Waals surface area contributed by atoms with E-state index in [1.807, 2.05) is 30.6 Å². The first-order chi connectivity index (χ1) is 24.6. The van der Waals surface area contributed by atoms with Crippen LogP contribution in [-0.4, -0.2) is 78.6 Å². The zero-order valence-electron chi connectivity index (χ0n) is 29.7. The first-order valence-corrected chi connectivity index (χ1v) is 19.1. The van der Waals surface area contributed by atoms with Gasteiger partial charge >= 0.3 is 6.18 Å². The van der Waals surface area contributed by atoms with Crippen LogP contribution >= 0.6 is 23.2 Å². The van der Waals surface area contributed by atoms with Crippen LogP contribution in [0.1, 0.15) is 60.8 Å². The molecule has 3 unspecified atom stereocenters. The summed E-state index contributed by atoms with van der Waals surface area (Å²) in [4.78, 5) is 11.2. The molecule has 0 saturated carbocycles. The van der Waals surface area contributed by atoms with E-state index in [0.29, 0.717) is 40.9 Å². The fraction of sp³-hybridized carbons (Fsp3) is 0.564. The number of rotatable bonds is 9. The summed E-state index contributed by atoms with van der Waals surface area (Å²) in [6.45, 7) is 11.5. The lowest BCUT2D eigenvalue weighted by Gasteiger charge is -2.32. The van der Waals surface area contributed by atoms with Crippen molar-refractivity contribution < 1.29 is 13.2 Å². The standard InChI is InChI=1S/C14H19F3N2.C13H18Cl2N2.C12H19N3/c15-14(16,17)13-5-3-11(4-6-13)9-19-7-1-2-12(8-18)10-19;14-12-4-3-10(6-13(12)15)8-17-5-1-2-11(7-16)9-17;13-8-12-2-1-7-15(10-12)9-11-3-5-14-6-4-11/h3-6,12H,1-2,7-10,18H2;3-4,6,11H,1-2,5,7-9,16H2;3-6,12H,1-2,7-10,13H2. The van der Waals surface area contributed by atoms with Gasteiger partial charge in [-0.15, -0.1) is 0 Å². The number of nitrogens with two attached hydrogens (primary N) is 3. The van der Waals surface area contributed by atoms with E-state index in [9.17, 15) is 13.2 Å². The van der Waals surface area contributed by atoms with Crippen molar-refractivity contribution in [2.75, 3.05) is 58.9 Å². The summed E-state index contributed by atoms with van der Waals surface area (Å²) in [6, 6.07) is 15.5. The molecule has 3 aromatic rings. The molecule has 282 valence electrons. The molecule has 3 atom stereocenters. The fourth-order valence-electron chi connectivity index (χ4n) is 7.16. The van der Waals surface area contributed by atoms with E-state index in [2.05, 4.69) is 31.8 Å². The Kier molecular flexibility index (Phi) is 17.4. The molecule has 3 fully saturated rings. The Bertz CT molecular complexity index is 1410. The first kappa shape index (κ1) is 41.5. The van der Waals surface area contributed by atoms with Gasteiger partial charge in [0.2, 0.25) is 0 Å². The number of piperidine rings is 3. The van der Waals surface area contributed by atoms with Gasteiger partial charge in [0.05, 0.1) is 15.6 Å². The van der Waals surface area contributed by atoms with Crippen LogP contribution in [0.3, 0.4) is 0 Å². The minimum atomic E-state index is -4.26. The maximum Gasteiger partial charge on any atom is 0.416 e. The number of halogens is 5. The van der Waals surface area contributed by atoms with Gasteiger partial charge in [0, 0.05) is 51.7 Å². The van der Waals surface area contributed by atoms with Gasteiger partial charge in [-0.05, 0) is 149 Å². The highest BCUT2D eigenvalue weighted by atomic mass is 35.5. The third-order valence-electron chi connectivity index (χ3n) is 10.0. The Morgan fingerprint density at radius 1 is 0.588 bits per heavy atom. The minimum Gasteiger partial charge on any atom is -0.330 e. The Hall–Kier alpha value is -2.28. The second-order valence-corrected chi connectivity index (χ2v) is 15.1. The average Bonchev–Trinajstić information content (AvgIpc) is 3.14. The molecule has 2 aromatic carbocycles. The van der Waals surface area contributed by atoms with Gasteiger partial charge in [-0.2, -0.15) is 13.2 Å². The third-order valence-corrected chi connectivity index (χ3v) is 10.8. The van der Waals surface area contributed by atoms with E-state index in [-0.39, 0.29) is 0 Å². The smallest absolute Gasteiger partial charge is 0.330 e. The van der Waals surface area contributed by atoms with Gasteiger partial charge in [-0.1, -0.05) is 41.4 Å². The molecule has 6 rings (SSSR count). The second kappa shape index (κ2) is 21.4. The zero-order valence-corrected chi connectivity index (χ0v) is 31.2. The number of pyridine rings is 1. The van der Waals surface area contributed by atoms with Crippen LogP contribution in [0.15, 0.2) is 67.0 Å². The van der Waals surface area contributed by atoms with Crippen molar-refractivity contribution in [2.24, 2.45) is 35.0 Å². The molecule has 12 heteroatoms. The lowest BCUT2D eigenvalue weighted by atomic mass is 9.98. The number of hydrogen-bond acceptors (Lipinski definition) is 7. The lowest BCUT2D eigenvalue weighted by Crippen LogP contribution is -2.37. The molecule has 0 aliphatic carbocycles. The van der Waals surface area contributed by atoms with Crippen molar-refractivity contribution in [3.05, 3.63) is 99.3 Å². The highest BCUT2D eigenvalue weighted by molar-refractivity contribution is 6.42. The molecule has 1 aromatic heterocycles. The highest BCUT2D eigenvalue weighted by Crippen LogP contribution is 2.30. The van der Waals surface area contributed by atoms with Crippen LogP contribution in [0.4, 0.5) is 13.2 Å². The maximum atomic E-state index is 12.5. The lowest BCUT2D eigenvalue weighted by molar-refractivity contribution is -0.137. The van der Waals surface area contributed by atoms with Gasteiger partial charge in [0.1, 0.15) is 0 Å².